The zero-order valence-electron chi connectivity index (χ0n) is 8.98. The summed E-state index contributed by atoms with van der Waals surface area (Å²) in [6.07, 6.45) is 0. The van der Waals surface area contributed by atoms with Gasteiger partial charge < -0.3 is 4.74 Å². The normalized spacial score (nSPS) is 11.2. The second-order valence-corrected chi connectivity index (χ2v) is 3.67. The first kappa shape index (κ1) is 11.7. The van der Waals surface area contributed by atoms with E-state index in [4.69, 9.17) is 5.26 Å². The van der Waals surface area contributed by atoms with Gasteiger partial charge in [-0.1, -0.05) is 12.1 Å². The van der Waals surface area contributed by atoms with Crippen LogP contribution in [-0.2, 0) is 15.2 Å². The largest absolute Gasteiger partial charge is 0.465 e. The molecule has 0 aromatic heterocycles. The number of benzene rings is 1. The predicted octanol–water partition coefficient (Wildman–Crippen LogP) is 2.20. The van der Waals surface area contributed by atoms with Gasteiger partial charge in [0.25, 0.3) is 0 Å². The molecule has 82 valence electrons. The molecule has 0 fully saturated rings. The first-order valence-corrected chi connectivity index (χ1v) is 4.52. The summed E-state index contributed by atoms with van der Waals surface area (Å²) in [4.78, 5) is 15.5. The highest BCUT2D eigenvalue weighted by Crippen LogP contribution is 2.23. The summed E-state index contributed by atoms with van der Waals surface area (Å²) in [6, 6.07) is 6.68. The molecule has 0 aliphatic heterocycles. The molecule has 0 bridgehead atoms. The van der Waals surface area contributed by atoms with Crippen molar-refractivity contribution in [3.8, 4) is 0 Å². The van der Waals surface area contributed by atoms with Crippen LogP contribution in [0, 0.1) is 0 Å². The Balaban J connectivity index is 2.95. The fraction of sp³-hybridized carbons (Fsp3) is 0.364. The number of ether oxygens (including phenoxy) is 1. The molecule has 1 aromatic rings. The summed E-state index contributed by atoms with van der Waals surface area (Å²) < 4.78 is 4.57. The molecule has 0 atom stereocenters. The molecule has 0 heterocycles. The van der Waals surface area contributed by atoms with E-state index in [0.29, 0.717) is 5.56 Å². The number of hydrogen-bond donors (Lipinski definition) is 1. The molecule has 1 rings (SSSR count). The Morgan fingerprint density at radius 3 is 2.20 bits per heavy atom. The van der Waals surface area contributed by atoms with Crippen molar-refractivity contribution in [3.63, 3.8) is 0 Å². The SMILES string of the molecule is COC(=O)c1ccc(C(C)(C)OO)cc1. The second kappa shape index (κ2) is 4.42. The molecule has 0 unspecified atom stereocenters. The Morgan fingerprint density at radius 2 is 1.80 bits per heavy atom. The second-order valence-electron chi connectivity index (χ2n) is 3.67. The van der Waals surface area contributed by atoms with Crippen LogP contribution >= 0.6 is 0 Å². The van der Waals surface area contributed by atoms with Gasteiger partial charge in [-0.2, -0.15) is 0 Å². The maximum absolute atomic E-state index is 11.1. The Labute approximate surface area is 88.4 Å². The van der Waals surface area contributed by atoms with Crippen molar-refractivity contribution in [1.82, 2.24) is 0 Å². The van der Waals surface area contributed by atoms with Gasteiger partial charge in [-0.3, -0.25) is 5.26 Å². The van der Waals surface area contributed by atoms with E-state index < -0.39 is 5.60 Å². The molecule has 0 saturated heterocycles. The van der Waals surface area contributed by atoms with Crippen molar-refractivity contribution >= 4 is 5.97 Å². The lowest BCUT2D eigenvalue weighted by Crippen LogP contribution is -2.19. The van der Waals surface area contributed by atoms with E-state index in [9.17, 15) is 4.79 Å². The Hall–Kier alpha value is -1.39. The van der Waals surface area contributed by atoms with Crippen molar-refractivity contribution in [1.29, 1.82) is 0 Å². The summed E-state index contributed by atoms with van der Waals surface area (Å²) in [5.41, 5.74) is 0.460. The van der Waals surface area contributed by atoms with Gasteiger partial charge in [-0.05, 0) is 31.5 Å². The van der Waals surface area contributed by atoms with Gasteiger partial charge in [0.15, 0.2) is 0 Å². The van der Waals surface area contributed by atoms with Crippen molar-refractivity contribution in [3.05, 3.63) is 35.4 Å². The summed E-state index contributed by atoms with van der Waals surface area (Å²) >= 11 is 0. The van der Waals surface area contributed by atoms with Crippen LogP contribution in [-0.4, -0.2) is 18.3 Å². The lowest BCUT2D eigenvalue weighted by Gasteiger charge is -2.20. The molecule has 0 aliphatic carbocycles. The Kier molecular flexibility index (Phi) is 3.44. The first-order chi connectivity index (χ1) is 7.01. The third kappa shape index (κ3) is 2.55. The van der Waals surface area contributed by atoms with E-state index >= 15 is 0 Å². The average Bonchev–Trinajstić information content (AvgIpc) is 2.28. The van der Waals surface area contributed by atoms with Gasteiger partial charge in [0.2, 0.25) is 0 Å². The highest BCUT2D eigenvalue weighted by atomic mass is 17.1. The fourth-order valence-corrected chi connectivity index (χ4v) is 1.18. The van der Waals surface area contributed by atoms with Gasteiger partial charge >= 0.3 is 5.97 Å². The van der Waals surface area contributed by atoms with Crippen LogP contribution in [0.5, 0.6) is 0 Å². The smallest absolute Gasteiger partial charge is 0.337 e. The van der Waals surface area contributed by atoms with Crippen LogP contribution in [0.25, 0.3) is 0 Å². The van der Waals surface area contributed by atoms with E-state index in [1.807, 2.05) is 0 Å². The van der Waals surface area contributed by atoms with E-state index in [2.05, 4.69) is 9.62 Å². The molecular formula is C11H14O4. The lowest BCUT2D eigenvalue weighted by molar-refractivity contribution is -0.318. The standard InChI is InChI=1S/C11H14O4/c1-11(2,15-13)9-6-4-8(5-7-9)10(12)14-3/h4-7,13H,1-3H3. The molecule has 0 radical (unpaired) electrons. The molecule has 4 heteroatoms. The highest BCUT2D eigenvalue weighted by molar-refractivity contribution is 5.89. The molecule has 1 aromatic carbocycles. The summed E-state index contributed by atoms with van der Waals surface area (Å²) in [6.45, 7) is 3.44. The maximum Gasteiger partial charge on any atom is 0.337 e. The van der Waals surface area contributed by atoms with E-state index in [1.54, 1.807) is 38.1 Å². The number of rotatable bonds is 3. The van der Waals surface area contributed by atoms with Crippen LogP contribution in [0.2, 0.25) is 0 Å². The van der Waals surface area contributed by atoms with Gasteiger partial charge in [0.1, 0.15) is 5.60 Å². The number of methoxy groups -OCH3 is 1. The fourth-order valence-electron chi connectivity index (χ4n) is 1.18. The average molecular weight is 210 g/mol. The summed E-state index contributed by atoms with van der Waals surface area (Å²) in [5.74, 6) is -0.385. The van der Waals surface area contributed by atoms with Crippen LogP contribution in [0.3, 0.4) is 0 Å². The minimum Gasteiger partial charge on any atom is -0.465 e. The monoisotopic (exact) mass is 210 g/mol. The zero-order valence-corrected chi connectivity index (χ0v) is 8.98. The molecule has 15 heavy (non-hydrogen) atoms. The lowest BCUT2D eigenvalue weighted by atomic mass is 9.97. The van der Waals surface area contributed by atoms with Gasteiger partial charge in [-0.15, -0.1) is 0 Å². The number of hydrogen-bond acceptors (Lipinski definition) is 4. The minimum absolute atomic E-state index is 0.385. The van der Waals surface area contributed by atoms with Crippen molar-refractivity contribution < 1.29 is 19.7 Å². The molecule has 0 amide bonds. The predicted molar refractivity (Wildman–Crippen MR) is 54.5 cm³/mol. The third-order valence-electron chi connectivity index (χ3n) is 2.23. The highest BCUT2D eigenvalue weighted by Gasteiger charge is 2.21. The first-order valence-electron chi connectivity index (χ1n) is 4.52. The third-order valence-corrected chi connectivity index (χ3v) is 2.23. The molecule has 1 N–H and O–H groups in total. The van der Waals surface area contributed by atoms with Crippen LogP contribution < -0.4 is 0 Å². The van der Waals surface area contributed by atoms with Gasteiger partial charge in [0.05, 0.1) is 12.7 Å². The van der Waals surface area contributed by atoms with Crippen LogP contribution in [0.4, 0.5) is 0 Å². The molecule has 0 spiro atoms. The molecular weight excluding hydrogens is 196 g/mol. The van der Waals surface area contributed by atoms with Crippen molar-refractivity contribution in [2.45, 2.75) is 19.4 Å². The van der Waals surface area contributed by atoms with E-state index in [-0.39, 0.29) is 5.97 Å². The van der Waals surface area contributed by atoms with E-state index in [1.165, 1.54) is 7.11 Å². The number of carbonyl (C=O) groups excluding carboxylic acids is 1. The van der Waals surface area contributed by atoms with Gasteiger partial charge in [0, 0.05) is 0 Å². The van der Waals surface area contributed by atoms with Crippen molar-refractivity contribution in [2.75, 3.05) is 7.11 Å². The Morgan fingerprint density at radius 1 is 1.27 bits per heavy atom. The maximum atomic E-state index is 11.1. The number of carbonyl (C=O) groups is 1. The molecule has 0 aliphatic rings. The topological polar surface area (TPSA) is 55.8 Å². The van der Waals surface area contributed by atoms with Gasteiger partial charge in [-0.25, -0.2) is 9.68 Å². The molecule has 0 saturated carbocycles. The quantitative estimate of drug-likeness (QED) is 0.472. The zero-order chi connectivity index (χ0) is 11.5. The van der Waals surface area contributed by atoms with Crippen LogP contribution in [0.15, 0.2) is 24.3 Å². The van der Waals surface area contributed by atoms with Crippen LogP contribution in [0.1, 0.15) is 29.8 Å². The van der Waals surface area contributed by atoms with E-state index in [0.717, 1.165) is 5.56 Å². The molecule has 4 nitrogen and oxygen atoms in total. The minimum atomic E-state index is -0.783. The van der Waals surface area contributed by atoms with Crippen molar-refractivity contribution in [2.24, 2.45) is 0 Å². The summed E-state index contributed by atoms with van der Waals surface area (Å²) in [5, 5.41) is 8.68. The Bertz CT molecular complexity index is 340. The number of esters is 1. The summed E-state index contributed by atoms with van der Waals surface area (Å²) in [7, 11) is 1.33.